The molecule has 104 valence electrons. The summed E-state index contributed by atoms with van der Waals surface area (Å²) in [6.07, 6.45) is 1.98. The van der Waals surface area contributed by atoms with Crippen LogP contribution in [-0.4, -0.2) is 42.2 Å². The number of benzene rings is 1. The molecule has 3 nitrogen and oxygen atoms in total. The van der Waals surface area contributed by atoms with Crippen LogP contribution in [0.2, 0.25) is 0 Å². The second kappa shape index (κ2) is 5.57. The molecule has 4 rings (SSSR count). The Morgan fingerprint density at radius 1 is 1.26 bits per heavy atom. The normalized spacial score (nSPS) is 31.4. The maximum atomic E-state index is 12.8. The van der Waals surface area contributed by atoms with Crippen molar-refractivity contribution in [3.05, 3.63) is 35.6 Å². The van der Waals surface area contributed by atoms with Crippen LogP contribution in [0.1, 0.15) is 24.5 Å². The summed E-state index contributed by atoms with van der Waals surface area (Å²) in [4.78, 5) is 2.49. The van der Waals surface area contributed by atoms with E-state index in [1.54, 1.807) is 12.1 Å². The summed E-state index contributed by atoms with van der Waals surface area (Å²) in [6, 6.07) is 6.59. The van der Waals surface area contributed by atoms with Crippen molar-refractivity contribution in [3.8, 4) is 0 Å². The summed E-state index contributed by atoms with van der Waals surface area (Å²) in [5.74, 6) is 0.492. The summed E-state index contributed by atoms with van der Waals surface area (Å²) in [5.41, 5.74) is 0.773. The molecule has 1 aromatic rings. The molecular weight excluding hydrogens is 243 g/mol. The highest BCUT2D eigenvalue weighted by molar-refractivity contribution is 5.18. The Kier molecular flexibility index (Phi) is 3.82. The molecule has 2 atom stereocenters. The fourth-order valence-corrected chi connectivity index (χ4v) is 3.26. The van der Waals surface area contributed by atoms with Crippen molar-refractivity contribution in [1.29, 1.82) is 0 Å². The second-order valence-corrected chi connectivity index (χ2v) is 5.72. The van der Waals surface area contributed by atoms with Crippen molar-refractivity contribution in [2.45, 2.75) is 25.0 Å². The highest BCUT2D eigenvalue weighted by Crippen LogP contribution is 2.27. The lowest BCUT2D eigenvalue weighted by Gasteiger charge is -2.45. The molecule has 4 heteroatoms. The number of aliphatic hydroxyl groups excluding tert-OH is 1. The summed E-state index contributed by atoms with van der Waals surface area (Å²) in [7, 11) is 0. The molecule has 2 unspecified atom stereocenters. The Morgan fingerprint density at radius 2 is 1.95 bits per heavy atom. The minimum absolute atomic E-state index is 0.263. The van der Waals surface area contributed by atoms with Gasteiger partial charge in [0.2, 0.25) is 0 Å². The monoisotopic (exact) mass is 264 g/mol. The number of nitrogens with one attached hydrogen (secondary N) is 1. The van der Waals surface area contributed by atoms with Crippen molar-refractivity contribution in [3.63, 3.8) is 0 Å². The second-order valence-electron chi connectivity index (χ2n) is 5.72. The van der Waals surface area contributed by atoms with E-state index in [1.807, 2.05) is 0 Å². The lowest BCUT2D eigenvalue weighted by atomic mass is 9.84. The Labute approximate surface area is 113 Å². The highest BCUT2D eigenvalue weighted by atomic mass is 19.1. The fraction of sp³-hybridized carbons (Fsp3) is 0.600. The Hall–Kier alpha value is -0.970. The van der Waals surface area contributed by atoms with Gasteiger partial charge in [-0.3, -0.25) is 0 Å². The van der Waals surface area contributed by atoms with Gasteiger partial charge in [-0.2, -0.15) is 0 Å². The van der Waals surface area contributed by atoms with Crippen molar-refractivity contribution >= 4 is 0 Å². The molecular formula is C15H21FN2O. The standard InChI is InChI=1S/C15H21FN2O/c16-13-3-1-12(2-4-13)15(19)9-17-14-10-18-7-5-11(14)6-8-18/h1-4,11,14-15,17,19H,5-10H2. The number of hydrogen-bond acceptors (Lipinski definition) is 3. The van der Waals surface area contributed by atoms with Crippen LogP contribution in [0.5, 0.6) is 0 Å². The maximum absolute atomic E-state index is 12.8. The maximum Gasteiger partial charge on any atom is 0.123 e. The van der Waals surface area contributed by atoms with Gasteiger partial charge in [-0.25, -0.2) is 4.39 Å². The minimum Gasteiger partial charge on any atom is -0.387 e. The number of halogens is 1. The van der Waals surface area contributed by atoms with Crippen LogP contribution in [0, 0.1) is 11.7 Å². The number of fused-ring (bicyclic) bond motifs is 3. The molecule has 3 aliphatic rings. The van der Waals surface area contributed by atoms with E-state index in [2.05, 4.69) is 10.2 Å². The fourth-order valence-electron chi connectivity index (χ4n) is 3.26. The third-order valence-corrected chi connectivity index (χ3v) is 4.48. The first-order chi connectivity index (χ1) is 9.22. The van der Waals surface area contributed by atoms with Crippen LogP contribution >= 0.6 is 0 Å². The number of rotatable bonds is 4. The number of hydrogen-bond donors (Lipinski definition) is 2. The molecule has 3 aliphatic heterocycles. The van der Waals surface area contributed by atoms with Crippen LogP contribution in [0.3, 0.4) is 0 Å². The topological polar surface area (TPSA) is 35.5 Å². The van der Waals surface area contributed by atoms with Crippen LogP contribution in [0.15, 0.2) is 24.3 Å². The zero-order chi connectivity index (χ0) is 13.2. The van der Waals surface area contributed by atoms with E-state index in [0.29, 0.717) is 12.6 Å². The Morgan fingerprint density at radius 3 is 2.53 bits per heavy atom. The van der Waals surface area contributed by atoms with E-state index >= 15 is 0 Å². The third kappa shape index (κ3) is 2.96. The van der Waals surface area contributed by atoms with Crippen molar-refractivity contribution in [2.75, 3.05) is 26.2 Å². The lowest BCUT2D eigenvalue weighted by molar-refractivity contribution is 0.0635. The predicted octanol–water partition coefficient (Wildman–Crippen LogP) is 1.54. The van der Waals surface area contributed by atoms with Gasteiger partial charge in [0.25, 0.3) is 0 Å². The summed E-state index contributed by atoms with van der Waals surface area (Å²) < 4.78 is 12.8. The highest BCUT2D eigenvalue weighted by Gasteiger charge is 2.33. The van der Waals surface area contributed by atoms with Gasteiger partial charge < -0.3 is 15.3 Å². The van der Waals surface area contributed by atoms with Crippen LogP contribution in [0.25, 0.3) is 0 Å². The number of nitrogens with zero attached hydrogens (tertiary/aromatic N) is 1. The third-order valence-electron chi connectivity index (χ3n) is 4.48. The molecule has 3 fully saturated rings. The molecule has 1 aromatic carbocycles. The molecule has 19 heavy (non-hydrogen) atoms. The quantitative estimate of drug-likeness (QED) is 0.866. The van der Waals surface area contributed by atoms with Crippen molar-refractivity contribution in [2.24, 2.45) is 5.92 Å². The molecule has 0 aliphatic carbocycles. The van der Waals surface area contributed by atoms with Gasteiger partial charge in [0.1, 0.15) is 5.82 Å². The van der Waals surface area contributed by atoms with Crippen molar-refractivity contribution in [1.82, 2.24) is 10.2 Å². The van der Waals surface area contributed by atoms with E-state index in [0.717, 1.165) is 18.0 Å². The van der Waals surface area contributed by atoms with Gasteiger partial charge in [0.15, 0.2) is 0 Å². The smallest absolute Gasteiger partial charge is 0.123 e. The largest absolute Gasteiger partial charge is 0.387 e. The molecule has 0 saturated carbocycles. The zero-order valence-electron chi connectivity index (χ0n) is 11.1. The number of aliphatic hydroxyl groups is 1. The van der Waals surface area contributed by atoms with Crippen LogP contribution in [0.4, 0.5) is 4.39 Å². The first kappa shape index (κ1) is 13.0. The summed E-state index contributed by atoms with van der Waals surface area (Å²) in [5, 5.41) is 13.6. The molecule has 0 amide bonds. The van der Waals surface area contributed by atoms with Crippen LogP contribution in [-0.2, 0) is 0 Å². The van der Waals surface area contributed by atoms with E-state index in [-0.39, 0.29) is 5.82 Å². The minimum atomic E-state index is -0.559. The average Bonchev–Trinajstić information content (AvgIpc) is 2.47. The van der Waals surface area contributed by atoms with Gasteiger partial charge in [0.05, 0.1) is 6.10 Å². The molecule has 3 heterocycles. The zero-order valence-corrected chi connectivity index (χ0v) is 11.1. The molecule has 2 bridgehead atoms. The average molecular weight is 264 g/mol. The first-order valence-electron chi connectivity index (χ1n) is 7.11. The Balaban J connectivity index is 1.53. The first-order valence-corrected chi connectivity index (χ1v) is 7.11. The van der Waals surface area contributed by atoms with E-state index in [1.165, 1.54) is 38.1 Å². The van der Waals surface area contributed by atoms with Crippen molar-refractivity contribution < 1.29 is 9.50 Å². The molecule has 0 spiro atoms. The van der Waals surface area contributed by atoms with Gasteiger partial charge in [-0.05, 0) is 49.5 Å². The SMILES string of the molecule is OC(CNC1CN2CCC1CC2)c1ccc(F)cc1. The van der Waals surface area contributed by atoms with E-state index in [4.69, 9.17) is 0 Å². The van der Waals surface area contributed by atoms with Gasteiger partial charge in [-0.15, -0.1) is 0 Å². The molecule has 0 radical (unpaired) electrons. The van der Waals surface area contributed by atoms with Gasteiger partial charge in [0, 0.05) is 19.1 Å². The number of piperidine rings is 3. The molecule has 0 aromatic heterocycles. The van der Waals surface area contributed by atoms with Gasteiger partial charge in [-0.1, -0.05) is 12.1 Å². The van der Waals surface area contributed by atoms with E-state index in [9.17, 15) is 9.50 Å². The predicted molar refractivity (Wildman–Crippen MR) is 72.3 cm³/mol. The van der Waals surface area contributed by atoms with Crippen LogP contribution < -0.4 is 5.32 Å². The molecule has 2 N–H and O–H groups in total. The van der Waals surface area contributed by atoms with Gasteiger partial charge >= 0.3 is 0 Å². The molecule has 3 saturated heterocycles. The Bertz CT molecular complexity index is 415. The lowest BCUT2D eigenvalue weighted by Crippen LogP contribution is -2.56. The summed E-state index contributed by atoms with van der Waals surface area (Å²) in [6.45, 7) is 4.09. The van der Waals surface area contributed by atoms with E-state index < -0.39 is 6.10 Å². The summed E-state index contributed by atoms with van der Waals surface area (Å²) >= 11 is 0.